The fraction of sp³-hybridized carbons (Fsp3) is 0.273. The number of hydrogen-bond donors (Lipinski definition) is 4. The number of amides is 4. The van der Waals surface area contributed by atoms with Crippen LogP contribution in [0, 0.1) is 0 Å². The molecule has 0 spiro atoms. The zero-order valence-electron chi connectivity index (χ0n) is 33.3. The number of fused-ring (bicyclic) bond motifs is 2. The minimum Gasteiger partial charge on any atom is -0.493 e. The van der Waals surface area contributed by atoms with Crippen LogP contribution in [0.1, 0.15) is 45.5 Å². The predicted molar refractivity (Wildman–Crippen MR) is 221 cm³/mol. The van der Waals surface area contributed by atoms with Gasteiger partial charge in [-0.3, -0.25) is 24.5 Å². The van der Waals surface area contributed by atoms with E-state index in [0.29, 0.717) is 61.9 Å². The summed E-state index contributed by atoms with van der Waals surface area (Å²) in [5, 5.41) is 21.5. The molecule has 2 aliphatic rings. The van der Waals surface area contributed by atoms with Crippen LogP contribution in [-0.2, 0) is 44.7 Å². The van der Waals surface area contributed by atoms with Gasteiger partial charge in [0.1, 0.15) is 43.1 Å². The third kappa shape index (κ3) is 9.61. The summed E-state index contributed by atoms with van der Waals surface area (Å²) >= 11 is 6.13. The maximum Gasteiger partial charge on any atom is 0.416 e. The van der Waals surface area contributed by atoms with E-state index < -0.39 is 23.7 Å². The molecule has 0 saturated carbocycles. The first-order valence-corrected chi connectivity index (χ1v) is 20.3. The molecule has 0 aliphatic carbocycles. The minimum absolute atomic E-state index is 0.123. The number of aromatic amines is 1. The number of nitrogens with zero attached hydrogens (tertiary/aromatic N) is 4. The highest BCUT2D eigenvalue weighted by Gasteiger charge is 2.40. The van der Waals surface area contributed by atoms with E-state index in [1.165, 1.54) is 21.7 Å². The van der Waals surface area contributed by atoms with Crippen LogP contribution >= 0.6 is 11.6 Å². The fourth-order valence-electron chi connectivity index (χ4n) is 7.43. The molecule has 63 heavy (non-hydrogen) atoms. The Morgan fingerprint density at radius 2 is 1.75 bits per heavy atom. The number of carbonyl (C=O) groups is 4. The van der Waals surface area contributed by atoms with E-state index in [4.69, 9.17) is 25.8 Å². The number of imide groups is 1. The molecule has 2 aliphatic heterocycles. The molecule has 19 heteroatoms. The number of aryl methyl sites for hydroxylation is 1. The van der Waals surface area contributed by atoms with Crippen molar-refractivity contribution in [2.24, 2.45) is 0 Å². The number of benzene rings is 4. The van der Waals surface area contributed by atoms with Gasteiger partial charge in [0.2, 0.25) is 29.5 Å². The molecular weight excluding hydrogens is 847 g/mol. The standard InChI is InChI=1S/C44H39ClF3N7O8/c45-28-11-15-33-34(22-28)51-43(50-33)55-42(60)31(39(53-55)26-7-9-27(10-8-26)44(46,47)48)14-6-25-4-12-29(13-5-25)62-21-20-61-24-38(57)49-18-19-63-36-3-1-2-30-32(36)23-54(41(30)59)35-16-17-37(56)52-40(35)58/h1-5,7-13,15,22,35,60H,6,14,16-21,23-24H2,(H,49,57)(H,50,51)(H,52,56,58). The summed E-state index contributed by atoms with van der Waals surface area (Å²) in [7, 11) is 0. The van der Waals surface area contributed by atoms with E-state index in [0.717, 1.165) is 17.7 Å². The van der Waals surface area contributed by atoms with Gasteiger partial charge in [0, 0.05) is 33.7 Å². The molecule has 4 heterocycles. The van der Waals surface area contributed by atoms with Gasteiger partial charge in [-0.25, -0.2) is 4.98 Å². The van der Waals surface area contributed by atoms with Gasteiger partial charge in [-0.05, 0) is 79.4 Å². The number of alkyl halides is 3. The molecule has 1 unspecified atom stereocenters. The molecular formula is C44H39ClF3N7O8. The molecule has 326 valence electrons. The van der Waals surface area contributed by atoms with Crippen molar-refractivity contribution in [2.45, 2.75) is 44.4 Å². The number of ether oxygens (including phenoxy) is 3. The van der Waals surface area contributed by atoms with Crippen molar-refractivity contribution in [3.63, 3.8) is 0 Å². The van der Waals surface area contributed by atoms with Gasteiger partial charge in [-0.15, -0.1) is 0 Å². The lowest BCUT2D eigenvalue weighted by molar-refractivity contribution is -0.138. The topological polar surface area (TPSA) is 190 Å². The lowest BCUT2D eigenvalue weighted by atomic mass is 10.00. The molecule has 0 bridgehead atoms. The maximum atomic E-state index is 13.3. The Morgan fingerprint density at radius 1 is 0.952 bits per heavy atom. The monoisotopic (exact) mass is 885 g/mol. The van der Waals surface area contributed by atoms with E-state index >= 15 is 0 Å². The van der Waals surface area contributed by atoms with Crippen molar-refractivity contribution in [3.05, 3.63) is 118 Å². The number of carbonyl (C=O) groups excluding carboxylic acids is 4. The van der Waals surface area contributed by atoms with Crippen LogP contribution in [0.2, 0.25) is 5.02 Å². The van der Waals surface area contributed by atoms with Crippen LogP contribution in [0.4, 0.5) is 13.2 Å². The van der Waals surface area contributed by atoms with Crippen molar-refractivity contribution in [1.29, 1.82) is 0 Å². The van der Waals surface area contributed by atoms with E-state index in [2.05, 4.69) is 25.7 Å². The largest absolute Gasteiger partial charge is 0.493 e. The van der Waals surface area contributed by atoms with Gasteiger partial charge >= 0.3 is 6.18 Å². The average Bonchev–Trinajstić information content (AvgIpc) is 3.94. The summed E-state index contributed by atoms with van der Waals surface area (Å²) in [5.41, 5.74) is 3.45. The van der Waals surface area contributed by atoms with Crippen molar-refractivity contribution in [3.8, 4) is 34.6 Å². The second-order valence-corrected chi connectivity index (χ2v) is 15.2. The molecule has 1 atom stereocenters. The Bertz CT molecular complexity index is 2690. The van der Waals surface area contributed by atoms with Crippen molar-refractivity contribution < 1.29 is 51.7 Å². The van der Waals surface area contributed by atoms with Crippen LogP contribution in [0.5, 0.6) is 17.4 Å². The maximum absolute atomic E-state index is 13.3. The molecule has 4 aromatic carbocycles. The highest BCUT2D eigenvalue weighted by Crippen LogP contribution is 2.37. The summed E-state index contributed by atoms with van der Waals surface area (Å²) < 4.78 is 58.3. The SMILES string of the molecule is O=C(COCCOc1ccc(CCc2c(-c3ccc(C(F)(F)F)cc3)nn(-c3nc4cc(Cl)ccc4[nH]3)c2O)cc1)NCCOc1cccc2c1CN(C1CCC(=O)NC1=O)C2=O. The van der Waals surface area contributed by atoms with Gasteiger partial charge in [-0.1, -0.05) is 41.9 Å². The molecule has 8 rings (SSSR count). The van der Waals surface area contributed by atoms with E-state index in [9.17, 15) is 37.5 Å². The molecule has 4 amide bonds. The fourth-order valence-corrected chi connectivity index (χ4v) is 7.60. The van der Waals surface area contributed by atoms with Gasteiger partial charge in [0.25, 0.3) is 5.91 Å². The zero-order chi connectivity index (χ0) is 44.3. The summed E-state index contributed by atoms with van der Waals surface area (Å²) in [6, 6.07) is 21.2. The second-order valence-electron chi connectivity index (χ2n) is 14.8. The van der Waals surface area contributed by atoms with Crippen LogP contribution in [0.25, 0.3) is 28.2 Å². The Labute approximate surface area is 362 Å². The summed E-state index contributed by atoms with van der Waals surface area (Å²) in [6.45, 7) is 0.560. The molecule has 6 aromatic rings. The number of H-pyrrole nitrogens is 1. The first-order chi connectivity index (χ1) is 30.3. The Morgan fingerprint density at radius 3 is 2.51 bits per heavy atom. The van der Waals surface area contributed by atoms with Crippen molar-refractivity contribution in [2.75, 3.05) is 33.0 Å². The quantitative estimate of drug-likeness (QED) is 0.0670. The summed E-state index contributed by atoms with van der Waals surface area (Å²) in [6.07, 6.45) is -3.37. The Hall–Kier alpha value is -6.92. The van der Waals surface area contributed by atoms with Crippen LogP contribution < -0.4 is 20.1 Å². The minimum atomic E-state index is -4.51. The lowest BCUT2D eigenvalue weighted by Crippen LogP contribution is -2.52. The number of halogens is 4. The number of nitrogens with one attached hydrogen (secondary N) is 3. The van der Waals surface area contributed by atoms with E-state index in [-0.39, 0.29) is 88.3 Å². The summed E-state index contributed by atoms with van der Waals surface area (Å²) in [4.78, 5) is 58.4. The summed E-state index contributed by atoms with van der Waals surface area (Å²) in [5.74, 6) is -0.502. The second kappa shape index (κ2) is 18.2. The molecule has 4 N–H and O–H groups in total. The zero-order valence-corrected chi connectivity index (χ0v) is 34.1. The number of aromatic nitrogens is 4. The number of piperidine rings is 1. The van der Waals surface area contributed by atoms with Crippen molar-refractivity contribution >= 4 is 46.3 Å². The number of aromatic hydroxyl groups is 1. The van der Waals surface area contributed by atoms with Gasteiger partial charge < -0.3 is 34.5 Å². The van der Waals surface area contributed by atoms with Gasteiger partial charge in [0.05, 0.1) is 36.3 Å². The van der Waals surface area contributed by atoms with Gasteiger partial charge in [-0.2, -0.15) is 23.0 Å². The predicted octanol–water partition coefficient (Wildman–Crippen LogP) is 5.93. The highest BCUT2D eigenvalue weighted by molar-refractivity contribution is 6.31. The number of rotatable bonds is 16. The lowest BCUT2D eigenvalue weighted by Gasteiger charge is -2.29. The Balaban J connectivity index is 0.790. The number of imidazole rings is 1. The van der Waals surface area contributed by atoms with Crippen LogP contribution in [0.15, 0.2) is 84.9 Å². The molecule has 1 saturated heterocycles. The third-order valence-electron chi connectivity index (χ3n) is 10.6. The van der Waals surface area contributed by atoms with Crippen LogP contribution in [0.3, 0.4) is 0 Å². The van der Waals surface area contributed by atoms with Crippen molar-refractivity contribution in [1.82, 2.24) is 35.3 Å². The van der Waals surface area contributed by atoms with E-state index in [1.807, 2.05) is 12.1 Å². The first-order valence-electron chi connectivity index (χ1n) is 19.9. The first kappa shape index (κ1) is 42.8. The van der Waals surface area contributed by atoms with E-state index in [1.54, 1.807) is 48.5 Å². The molecule has 2 aromatic heterocycles. The number of hydrogen-bond acceptors (Lipinski definition) is 10. The molecule has 1 fully saturated rings. The highest BCUT2D eigenvalue weighted by atomic mass is 35.5. The van der Waals surface area contributed by atoms with Gasteiger partial charge in [0.15, 0.2) is 0 Å². The van der Waals surface area contributed by atoms with Crippen LogP contribution in [-0.4, -0.2) is 92.4 Å². The smallest absolute Gasteiger partial charge is 0.416 e. The average molecular weight is 886 g/mol. The Kier molecular flexibility index (Phi) is 12.4. The normalized spacial score (nSPS) is 15.1. The molecule has 0 radical (unpaired) electrons. The molecule has 15 nitrogen and oxygen atoms in total. The third-order valence-corrected chi connectivity index (χ3v) is 10.8.